The number of nitriles is 2. The minimum Gasteiger partial charge on any atom is -0.456 e. The monoisotopic (exact) mass is 1140 g/mol. The van der Waals surface area contributed by atoms with Gasteiger partial charge in [0.2, 0.25) is 0 Å². The zero-order valence-corrected chi connectivity index (χ0v) is 48.4. The zero-order chi connectivity index (χ0) is 59.4. The number of furan rings is 2. The summed E-state index contributed by atoms with van der Waals surface area (Å²) in [7, 11) is 0. The summed E-state index contributed by atoms with van der Waals surface area (Å²) in [6.45, 7) is 6.40. The van der Waals surface area contributed by atoms with E-state index in [1.807, 2.05) is 66.7 Å². The minimum atomic E-state index is 0.368. The van der Waals surface area contributed by atoms with Crippen molar-refractivity contribution in [3.63, 3.8) is 0 Å². The molecule has 89 heavy (non-hydrogen) atoms. The lowest BCUT2D eigenvalue weighted by Crippen LogP contribution is -2.14. The number of nitrogens with zero attached hydrogens (tertiary/aromatic N) is 6. The molecule has 17 rings (SSSR count). The van der Waals surface area contributed by atoms with Crippen LogP contribution in [0.5, 0.6) is 0 Å². The van der Waals surface area contributed by atoms with Gasteiger partial charge in [-0.05, 0) is 157 Å². The molecule has 0 saturated heterocycles. The van der Waals surface area contributed by atoms with E-state index in [1.165, 1.54) is 27.5 Å². The van der Waals surface area contributed by atoms with Crippen LogP contribution in [0.1, 0.15) is 35.2 Å². The van der Waals surface area contributed by atoms with Crippen LogP contribution >= 0.6 is 0 Å². The molecule has 0 aliphatic heterocycles. The van der Waals surface area contributed by atoms with Crippen molar-refractivity contribution in [1.29, 1.82) is 10.5 Å². The number of allylic oxidation sites excluding steroid dienone is 4. The van der Waals surface area contributed by atoms with E-state index >= 15 is 0 Å². The number of fused-ring (bicyclic) bond motifs is 11. The van der Waals surface area contributed by atoms with Crippen molar-refractivity contribution >= 4 is 116 Å². The van der Waals surface area contributed by atoms with Crippen LogP contribution in [0.3, 0.4) is 0 Å². The molecule has 0 fully saturated rings. The highest BCUT2D eigenvalue weighted by atomic mass is 16.3. The van der Waals surface area contributed by atoms with Crippen LogP contribution in [0.4, 0.5) is 17.1 Å². The van der Waals surface area contributed by atoms with E-state index < -0.39 is 0 Å². The number of aromatic nitrogens is 3. The summed E-state index contributed by atoms with van der Waals surface area (Å²) in [5.41, 5.74) is 20.2. The summed E-state index contributed by atoms with van der Waals surface area (Å²) in [5.74, 6) is 0.668. The molecule has 5 heterocycles. The molecule has 0 atom stereocenters. The maximum Gasteiger partial charge on any atom is 0.145 e. The summed E-state index contributed by atoms with van der Waals surface area (Å²) in [6.07, 6.45) is 10.5. The molecule has 5 aromatic heterocycles. The Kier molecular flexibility index (Phi) is 11.7. The van der Waals surface area contributed by atoms with Gasteiger partial charge in [-0.25, -0.2) is 0 Å². The van der Waals surface area contributed by atoms with Crippen LogP contribution in [0, 0.1) is 29.6 Å². The third-order valence-electron chi connectivity index (χ3n) is 18.1. The van der Waals surface area contributed by atoms with Gasteiger partial charge in [-0.3, -0.25) is 0 Å². The second-order valence-electron chi connectivity index (χ2n) is 23.0. The molecule has 8 heteroatoms. The fourth-order valence-corrected chi connectivity index (χ4v) is 14.1. The molecular formula is C81H52N6O2. The van der Waals surface area contributed by atoms with Crippen molar-refractivity contribution in [3.8, 4) is 57.1 Å². The van der Waals surface area contributed by atoms with E-state index in [0.29, 0.717) is 33.8 Å². The lowest BCUT2D eigenvalue weighted by molar-refractivity contribution is 0.631. The van der Waals surface area contributed by atoms with E-state index in [9.17, 15) is 10.5 Å². The molecule has 1 aliphatic carbocycles. The Hall–Kier alpha value is -12.1. The summed E-state index contributed by atoms with van der Waals surface area (Å²) < 4.78 is 20.4. The summed E-state index contributed by atoms with van der Waals surface area (Å²) in [5, 5.41) is 31.7. The third kappa shape index (κ3) is 7.98. The topological polar surface area (TPSA) is 91.9 Å². The highest BCUT2D eigenvalue weighted by Gasteiger charge is 2.29. The number of hydrogen-bond donors (Lipinski definition) is 0. The summed E-state index contributed by atoms with van der Waals surface area (Å²) in [4.78, 5) is 2.09. The van der Waals surface area contributed by atoms with Gasteiger partial charge < -0.3 is 27.4 Å². The van der Waals surface area contributed by atoms with Gasteiger partial charge in [0, 0.05) is 88.7 Å². The first-order chi connectivity index (χ1) is 43.9. The van der Waals surface area contributed by atoms with Gasteiger partial charge in [-0.2, -0.15) is 10.5 Å². The predicted molar refractivity (Wildman–Crippen MR) is 366 cm³/mol. The Balaban J connectivity index is 0.861. The molecule has 16 aromatic rings. The normalized spacial score (nSPS) is 12.5. The molecular weight excluding hydrogens is 1090 g/mol. The molecule has 0 saturated carbocycles. The number of benzene rings is 11. The Morgan fingerprint density at radius 1 is 0.472 bits per heavy atom. The van der Waals surface area contributed by atoms with E-state index in [1.54, 1.807) is 0 Å². The second-order valence-corrected chi connectivity index (χ2v) is 23.0. The molecule has 8 nitrogen and oxygen atoms in total. The van der Waals surface area contributed by atoms with Crippen LogP contribution in [-0.2, 0) is 0 Å². The lowest BCUT2D eigenvalue weighted by Gasteiger charge is -2.28. The van der Waals surface area contributed by atoms with Crippen molar-refractivity contribution in [3.05, 3.63) is 284 Å². The van der Waals surface area contributed by atoms with Crippen molar-refractivity contribution in [2.75, 3.05) is 4.90 Å². The first-order valence-electron chi connectivity index (χ1n) is 30.0. The van der Waals surface area contributed by atoms with Crippen molar-refractivity contribution in [2.45, 2.75) is 19.8 Å². The fourth-order valence-electron chi connectivity index (χ4n) is 14.1. The van der Waals surface area contributed by atoms with Crippen LogP contribution in [0.15, 0.2) is 270 Å². The van der Waals surface area contributed by atoms with Gasteiger partial charge in [-0.1, -0.05) is 146 Å². The lowest BCUT2D eigenvalue weighted by atomic mass is 9.98. The van der Waals surface area contributed by atoms with Crippen LogP contribution in [-0.4, -0.2) is 13.7 Å². The van der Waals surface area contributed by atoms with Gasteiger partial charge in [0.1, 0.15) is 34.1 Å². The third-order valence-corrected chi connectivity index (χ3v) is 18.1. The average Bonchev–Trinajstić information content (AvgIpc) is 2.08. The predicted octanol–water partition coefficient (Wildman–Crippen LogP) is 21.8. The Labute approximate surface area is 512 Å². The molecule has 0 radical (unpaired) electrons. The van der Waals surface area contributed by atoms with Gasteiger partial charge in [0.15, 0.2) is 0 Å². The van der Waals surface area contributed by atoms with Crippen molar-refractivity contribution in [2.24, 2.45) is 0 Å². The van der Waals surface area contributed by atoms with Crippen LogP contribution in [0.25, 0.3) is 144 Å². The first-order valence-corrected chi connectivity index (χ1v) is 30.0. The van der Waals surface area contributed by atoms with Gasteiger partial charge >= 0.3 is 0 Å². The molecule has 1 aliphatic rings. The number of rotatable bonds is 10. The minimum absolute atomic E-state index is 0.368. The number of para-hydroxylation sites is 5. The van der Waals surface area contributed by atoms with Gasteiger partial charge in [-0.15, -0.1) is 0 Å². The SMILES string of the molecule is C=Cc1c(-c2c(C)n(-c3cc(C#N)cc(N(c4ccc(-c5ccc6c(c5)c5ccccc5n6C5=CC=CCC5)cc4)c4ccc5c(c4)oc4ccccc45)c3C#N)c3ccc(-c4ccc5c(c4)c4ccccc4n5-c4ccccc4)cc23)oc2ccccc12. The first kappa shape index (κ1) is 51.3. The molecule has 0 unspecified atom stereocenters. The molecule has 0 amide bonds. The Morgan fingerprint density at radius 2 is 1.03 bits per heavy atom. The fraction of sp³-hybridized carbons (Fsp3) is 0.0370. The highest BCUT2D eigenvalue weighted by molar-refractivity contribution is 6.13. The average molecular weight is 1140 g/mol. The Bertz CT molecular complexity index is 5810. The Morgan fingerprint density at radius 3 is 1.71 bits per heavy atom. The molecule has 0 bridgehead atoms. The van der Waals surface area contributed by atoms with E-state index in [0.717, 1.165) is 129 Å². The van der Waals surface area contributed by atoms with Crippen LogP contribution < -0.4 is 4.90 Å². The van der Waals surface area contributed by atoms with Crippen molar-refractivity contribution in [1.82, 2.24) is 13.7 Å². The van der Waals surface area contributed by atoms with E-state index in [2.05, 4.69) is 238 Å². The summed E-state index contributed by atoms with van der Waals surface area (Å²) in [6, 6.07) is 87.5. The van der Waals surface area contributed by atoms with Crippen LogP contribution in [0.2, 0.25) is 0 Å². The van der Waals surface area contributed by atoms with E-state index in [-0.39, 0.29) is 0 Å². The second kappa shape index (κ2) is 20.3. The standard InChI is InChI=1S/C81H52N6O2/c1-3-60-63-24-12-17-29-78(63)89-81(60)80-50(2)84(74-41-34-55(46-68(74)80)54-33-40-73-67(45-54)62-23-11-15-27-71(62)87(73)57-20-8-5-9-21-57)75-42-51(48-82)43-76(69(75)49-83)85(59-37-38-65-64-25-13-16-28-77(64)88-79(65)47-59)58-35-30-52(31-36-58)53-32-39-72-66(44-53)61-22-10-14-26-70(61)86(72)56-18-6-4-7-19-56/h3-6,8-18,20-47H,1,7,19H2,2H3. The van der Waals surface area contributed by atoms with E-state index in [4.69, 9.17) is 8.83 Å². The quantitative estimate of drug-likeness (QED) is 0.136. The zero-order valence-electron chi connectivity index (χ0n) is 48.4. The molecule has 11 aromatic carbocycles. The smallest absolute Gasteiger partial charge is 0.145 e. The number of hydrogen-bond acceptors (Lipinski definition) is 5. The highest BCUT2D eigenvalue weighted by Crippen LogP contribution is 2.48. The summed E-state index contributed by atoms with van der Waals surface area (Å²) >= 11 is 0. The molecule has 0 N–H and O–H groups in total. The van der Waals surface area contributed by atoms with Crippen molar-refractivity contribution < 1.29 is 8.83 Å². The maximum absolute atomic E-state index is 11.9. The van der Waals surface area contributed by atoms with Gasteiger partial charge in [0.05, 0.1) is 50.6 Å². The molecule has 418 valence electrons. The largest absolute Gasteiger partial charge is 0.456 e. The van der Waals surface area contributed by atoms with Gasteiger partial charge in [0.25, 0.3) is 0 Å². The number of anilines is 3. The maximum atomic E-state index is 11.9. The molecule has 0 spiro atoms.